The number of rotatable bonds is 4. The van der Waals surface area contributed by atoms with Crippen LogP contribution < -0.4 is 0 Å². The van der Waals surface area contributed by atoms with Gasteiger partial charge in [-0.1, -0.05) is 6.92 Å². The topological polar surface area (TPSA) is 54.4 Å². The van der Waals surface area contributed by atoms with Crippen LogP contribution in [-0.2, 0) is 0 Å². The van der Waals surface area contributed by atoms with Gasteiger partial charge in [-0.15, -0.1) is 0 Å². The third kappa shape index (κ3) is 2.91. The number of hydrogen-bond donors (Lipinski definition) is 1. The van der Waals surface area contributed by atoms with Crippen LogP contribution in [0.5, 0.6) is 0 Å². The lowest BCUT2D eigenvalue weighted by Crippen LogP contribution is -2.03. The second-order valence-electron chi connectivity index (χ2n) is 3.57. The van der Waals surface area contributed by atoms with E-state index >= 15 is 0 Å². The Labute approximate surface area is 88.7 Å². The molecule has 0 unspecified atom stereocenters. The Morgan fingerprint density at radius 3 is 2.33 bits per heavy atom. The molecule has 0 bridgehead atoms. The summed E-state index contributed by atoms with van der Waals surface area (Å²) in [5, 5.41) is 8.83. The van der Waals surface area contributed by atoms with Gasteiger partial charge < -0.3 is 5.11 Å². The van der Waals surface area contributed by atoms with Crippen LogP contribution in [0.15, 0.2) is 18.2 Å². The molecule has 1 aromatic carbocycles. The molecule has 0 aromatic heterocycles. The molecule has 0 aliphatic heterocycles. The molecular weight excluding hydrogens is 192 g/mol. The van der Waals surface area contributed by atoms with Gasteiger partial charge in [-0.05, 0) is 37.1 Å². The molecule has 3 nitrogen and oxygen atoms in total. The summed E-state index contributed by atoms with van der Waals surface area (Å²) in [6, 6.07) is 4.73. The molecule has 80 valence electrons. The van der Waals surface area contributed by atoms with Crippen LogP contribution in [0, 0.1) is 6.92 Å². The molecule has 0 spiro atoms. The van der Waals surface area contributed by atoms with Crippen molar-refractivity contribution in [1.82, 2.24) is 0 Å². The lowest BCUT2D eigenvalue weighted by atomic mass is 10.0. The van der Waals surface area contributed by atoms with Gasteiger partial charge >= 0.3 is 5.97 Å². The summed E-state index contributed by atoms with van der Waals surface area (Å²) in [5.74, 6) is -0.993. The monoisotopic (exact) mass is 206 g/mol. The first-order chi connectivity index (χ1) is 7.04. The molecule has 1 aromatic rings. The van der Waals surface area contributed by atoms with Crippen LogP contribution in [0.25, 0.3) is 0 Å². The van der Waals surface area contributed by atoms with Gasteiger partial charge in [-0.3, -0.25) is 4.79 Å². The highest BCUT2D eigenvalue weighted by molar-refractivity contribution is 5.99. The Morgan fingerprint density at radius 1 is 1.20 bits per heavy atom. The van der Waals surface area contributed by atoms with Crippen LogP contribution >= 0.6 is 0 Å². The van der Waals surface area contributed by atoms with E-state index in [2.05, 4.69) is 0 Å². The molecule has 0 atom stereocenters. The molecule has 0 saturated heterocycles. The minimum absolute atomic E-state index is 0.00343. The molecule has 0 fully saturated rings. The van der Waals surface area contributed by atoms with Crippen molar-refractivity contribution in [2.75, 3.05) is 0 Å². The van der Waals surface area contributed by atoms with Gasteiger partial charge in [-0.25, -0.2) is 4.79 Å². The number of carboxylic acid groups (broad SMARTS) is 1. The van der Waals surface area contributed by atoms with Crippen molar-refractivity contribution in [2.45, 2.75) is 26.7 Å². The van der Waals surface area contributed by atoms with Gasteiger partial charge in [0.15, 0.2) is 5.78 Å². The summed E-state index contributed by atoms with van der Waals surface area (Å²) < 4.78 is 0. The van der Waals surface area contributed by atoms with Crippen LogP contribution in [0.3, 0.4) is 0 Å². The maximum atomic E-state index is 11.6. The third-order valence-corrected chi connectivity index (χ3v) is 2.12. The van der Waals surface area contributed by atoms with Crippen molar-refractivity contribution in [2.24, 2.45) is 0 Å². The van der Waals surface area contributed by atoms with Crippen molar-refractivity contribution in [3.05, 3.63) is 34.9 Å². The quantitative estimate of drug-likeness (QED) is 0.770. The van der Waals surface area contributed by atoms with Crippen LogP contribution in [0.1, 0.15) is 46.0 Å². The SMILES string of the molecule is CCCC(=O)c1cc(C)cc(C(=O)O)c1. The van der Waals surface area contributed by atoms with Gasteiger partial charge in [0.25, 0.3) is 0 Å². The van der Waals surface area contributed by atoms with E-state index in [-0.39, 0.29) is 11.3 Å². The first kappa shape index (κ1) is 11.4. The standard InChI is InChI=1S/C12H14O3/c1-3-4-11(13)9-5-8(2)6-10(7-9)12(14)15/h5-7H,3-4H2,1-2H3,(H,14,15). The number of ketones is 1. The Kier molecular flexibility index (Phi) is 3.61. The predicted octanol–water partition coefficient (Wildman–Crippen LogP) is 2.68. The molecule has 0 saturated carbocycles. The van der Waals surface area contributed by atoms with E-state index in [9.17, 15) is 9.59 Å². The van der Waals surface area contributed by atoms with Crippen molar-refractivity contribution >= 4 is 11.8 Å². The zero-order valence-corrected chi connectivity index (χ0v) is 8.91. The molecule has 0 aliphatic rings. The van der Waals surface area contributed by atoms with E-state index < -0.39 is 5.97 Å². The number of aryl methyl sites for hydroxylation is 1. The molecule has 15 heavy (non-hydrogen) atoms. The van der Waals surface area contributed by atoms with Crippen LogP contribution in [0.2, 0.25) is 0 Å². The molecule has 1 N–H and O–H groups in total. The molecule has 1 rings (SSSR count). The Hall–Kier alpha value is -1.64. The molecule has 0 aliphatic carbocycles. The summed E-state index contributed by atoms with van der Waals surface area (Å²) >= 11 is 0. The highest BCUT2D eigenvalue weighted by Crippen LogP contribution is 2.12. The van der Waals surface area contributed by atoms with Crippen LogP contribution in [-0.4, -0.2) is 16.9 Å². The number of carbonyl (C=O) groups excluding carboxylic acids is 1. The first-order valence-electron chi connectivity index (χ1n) is 4.92. The summed E-state index contributed by atoms with van der Waals surface area (Å²) in [4.78, 5) is 22.4. The lowest BCUT2D eigenvalue weighted by molar-refractivity contribution is 0.0697. The molecule has 0 heterocycles. The smallest absolute Gasteiger partial charge is 0.335 e. The second-order valence-corrected chi connectivity index (χ2v) is 3.57. The molecule has 0 radical (unpaired) electrons. The van der Waals surface area contributed by atoms with E-state index in [1.54, 1.807) is 19.1 Å². The first-order valence-corrected chi connectivity index (χ1v) is 4.92. The number of Topliss-reactive ketones (excluding diaryl/α,β-unsaturated/α-hetero) is 1. The second kappa shape index (κ2) is 4.73. The fourth-order valence-corrected chi connectivity index (χ4v) is 1.44. The third-order valence-electron chi connectivity index (χ3n) is 2.12. The Bertz CT molecular complexity index is 394. The number of carbonyl (C=O) groups is 2. The summed E-state index contributed by atoms with van der Waals surface area (Å²) in [7, 11) is 0. The van der Waals surface area contributed by atoms with Crippen molar-refractivity contribution in [3.63, 3.8) is 0 Å². The average molecular weight is 206 g/mol. The van der Waals surface area contributed by atoms with E-state index in [0.717, 1.165) is 12.0 Å². The van der Waals surface area contributed by atoms with E-state index in [0.29, 0.717) is 12.0 Å². The molecule has 3 heteroatoms. The Morgan fingerprint density at radius 2 is 1.80 bits per heavy atom. The lowest BCUT2D eigenvalue weighted by Gasteiger charge is -2.03. The minimum atomic E-state index is -0.996. The zero-order chi connectivity index (χ0) is 11.4. The van der Waals surface area contributed by atoms with Crippen molar-refractivity contribution in [1.29, 1.82) is 0 Å². The van der Waals surface area contributed by atoms with Gasteiger partial charge in [-0.2, -0.15) is 0 Å². The van der Waals surface area contributed by atoms with Crippen LogP contribution in [0.4, 0.5) is 0 Å². The summed E-state index contributed by atoms with van der Waals surface area (Å²) in [6.07, 6.45) is 1.23. The highest BCUT2D eigenvalue weighted by Gasteiger charge is 2.10. The van der Waals surface area contributed by atoms with E-state index in [1.807, 2.05) is 6.92 Å². The number of carboxylic acids is 1. The maximum Gasteiger partial charge on any atom is 0.335 e. The van der Waals surface area contributed by atoms with Gasteiger partial charge in [0.05, 0.1) is 5.56 Å². The van der Waals surface area contributed by atoms with Gasteiger partial charge in [0, 0.05) is 12.0 Å². The average Bonchev–Trinajstić information content (AvgIpc) is 2.17. The summed E-state index contributed by atoms with van der Waals surface area (Å²) in [6.45, 7) is 3.71. The normalized spacial score (nSPS) is 10.0. The predicted molar refractivity (Wildman–Crippen MR) is 57.4 cm³/mol. The molecule has 0 amide bonds. The zero-order valence-electron chi connectivity index (χ0n) is 8.91. The van der Waals surface area contributed by atoms with Gasteiger partial charge in [0.2, 0.25) is 0 Å². The number of aromatic carboxylic acids is 1. The maximum absolute atomic E-state index is 11.6. The number of hydrogen-bond acceptors (Lipinski definition) is 2. The van der Waals surface area contributed by atoms with E-state index in [4.69, 9.17) is 5.11 Å². The fourth-order valence-electron chi connectivity index (χ4n) is 1.44. The Balaban J connectivity index is 3.09. The minimum Gasteiger partial charge on any atom is -0.478 e. The largest absolute Gasteiger partial charge is 0.478 e. The van der Waals surface area contributed by atoms with E-state index in [1.165, 1.54) is 6.07 Å². The fraction of sp³-hybridized carbons (Fsp3) is 0.333. The van der Waals surface area contributed by atoms with Crippen molar-refractivity contribution in [3.8, 4) is 0 Å². The van der Waals surface area contributed by atoms with Gasteiger partial charge in [0.1, 0.15) is 0 Å². The highest BCUT2D eigenvalue weighted by atomic mass is 16.4. The summed E-state index contributed by atoms with van der Waals surface area (Å²) in [5.41, 5.74) is 1.47. The van der Waals surface area contributed by atoms with Crippen molar-refractivity contribution < 1.29 is 14.7 Å². The molecular formula is C12H14O3. The number of benzene rings is 1.